The van der Waals surface area contributed by atoms with Gasteiger partial charge in [0.15, 0.2) is 12.1 Å². The van der Waals surface area contributed by atoms with E-state index in [1.807, 2.05) is 0 Å². The molecular formula is C10H10Cl2O3. The van der Waals surface area contributed by atoms with Gasteiger partial charge in [0.2, 0.25) is 0 Å². The zero-order valence-corrected chi connectivity index (χ0v) is 9.37. The van der Waals surface area contributed by atoms with Crippen molar-refractivity contribution >= 4 is 35.3 Å². The third-order valence-electron chi connectivity index (χ3n) is 2.84. The zero-order chi connectivity index (χ0) is 11.0. The van der Waals surface area contributed by atoms with Crippen LogP contribution in [0.2, 0.25) is 0 Å². The Labute approximate surface area is 97.4 Å². The lowest BCUT2D eigenvalue weighted by Crippen LogP contribution is -2.46. The Balaban J connectivity index is 2.25. The number of ether oxygens (including phenoxy) is 1. The van der Waals surface area contributed by atoms with E-state index in [0.29, 0.717) is 19.1 Å². The Kier molecular flexibility index (Phi) is 3.03. The number of ketones is 1. The second kappa shape index (κ2) is 4.14. The molecule has 82 valence electrons. The van der Waals surface area contributed by atoms with Crippen molar-refractivity contribution in [3.8, 4) is 0 Å². The average molecular weight is 249 g/mol. The number of alkyl halides is 2. The maximum absolute atomic E-state index is 11.8. The Morgan fingerprint density at radius 3 is 2.80 bits per heavy atom. The summed E-state index contributed by atoms with van der Waals surface area (Å²) in [6.45, 7) is 0. The van der Waals surface area contributed by atoms with Crippen LogP contribution in [0.15, 0.2) is 11.8 Å². The van der Waals surface area contributed by atoms with E-state index in [2.05, 4.69) is 0 Å². The van der Waals surface area contributed by atoms with Crippen molar-refractivity contribution in [2.75, 3.05) is 0 Å². The van der Waals surface area contributed by atoms with Crippen molar-refractivity contribution < 1.29 is 14.3 Å². The minimum absolute atomic E-state index is 0.0749. The predicted molar refractivity (Wildman–Crippen MR) is 56.0 cm³/mol. The van der Waals surface area contributed by atoms with E-state index >= 15 is 0 Å². The molecule has 0 amide bonds. The van der Waals surface area contributed by atoms with Gasteiger partial charge in [0, 0.05) is 5.38 Å². The summed E-state index contributed by atoms with van der Waals surface area (Å²) in [4.78, 5) is 22.4. The van der Waals surface area contributed by atoms with E-state index in [1.165, 1.54) is 6.26 Å². The summed E-state index contributed by atoms with van der Waals surface area (Å²) in [5.74, 6) is -0.564. The molecule has 2 aliphatic rings. The molecule has 1 aliphatic heterocycles. The third kappa shape index (κ3) is 1.91. The Bertz CT molecular complexity index is 327. The van der Waals surface area contributed by atoms with Crippen LogP contribution in [0.25, 0.3) is 0 Å². The molecule has 1 saturated carbocycles. The molecule has 1 fully saturated rings. The van der Waals surface area contributed by atoms with E-state index in [-0.39, 0.29) is 34.1 Å². The molecule has 0 radical (unpaired) electrons. The highest BCUT2D eigenvalue weighted by atomic mass is 35.5. The van der Waals surface area contributed by atoms with Crippen molar-refractivity contribution in [3.05, 3.63) is 11.8 Å². The van der Waals surface area contributed by atoms with Gasteiger partial charge in [-0.3, -0.25) is 9.59 Å². The molecule has 0 saturated heterocycles. The quantitative estimate of drug-likeness (QED) is 0.403. The van der Waals surface area contributed by atoms with Crippen LogP contribution in [0.5, 0.6) is 0 Å². The van der Waals surface area contributed by atoms with Crippen molar-refractivity contribution in [2.45, 2.75) is 29.7 Å². The molecule has 0 bridgehead atoms. The van der Waals surface area contributed by atoms with Gasteiger partial charge in [0.25, 0.3) is 0 Å². The van der Waals surface area contributed by atoms with Gasteiger partial charge in [0.05, 0.1) is 23.1 Å². The number of fused-ring (bicyclic) bond motifs is 1. The summed E-state index contributed by atoms with van der Waals surface area (Å²) in [6.07, 6.45) is 2.54. The molecule has 0 aromatic heterocycles. The van der Waals surface area contributed by atoms with Gasteiger partial charge in [0.1, 0.15) is 6.10 Å². The van der Waals surface area contributed by atoms with Crippen LogP contribution in [0.3, 0.4) is 0 Å². The summed E-state index contributed by atoms with van der Waals surface area (Å²) >= 11 is 12.0. The molecule has 0 aromatic rings. The fourth-order valence-corrected chi connectivity index (χ4v) is 3.01. The van der Waals surface area contributed by atoms with Gasteiger partial charge < -0.3 is 4.74 Å². The van der Waals surface area contributed by atoms with Crippen LogP contribution in [-0.4, -0.2) is 28.9 Å². The van der Waals surface area contributed by atoms with E-state index in [1.54, 1.807) is 0 Å². The van der Waals surface area contributed by atoms with Crippen LogP contribution in [0, 0.1) is 5.92 Å². The highest BCUT2D eigenvalue weighted by molar-refractivity contribution is 6.25. The Hall–Kier alpha value is -0.540. The van der Waals surface area contributed by atoms with Crippen LogP contribution in [0.1, 0.15) is 12.8 Å². The van der Waals surface area contributed by atoms with E-state index in [4.69, 9.17) is 27.9 Å². The topological polar surface area (TPSA) is 43.4 Å². The third-order valence-corrected chi connectivity index (χ3v) is 3.63. The van der Waals surface area contributed by atoms with E-state index in [0.717, 1.165) is 0 Å². The molecule has 1 aliphatic carbocycles. The van der Waals surface area contributed by atoms with E-state index < -0.39 is 0 Å². The number of hydrogen-bond donors (Lipinski definition) is 0. The van der Waals surface area contributed by atoms with Crippen LogP contribution in [0.4, 0.5) is 0 Å². The lowest BCUT2D eigenvalue weighted by molar-refractivity contribution is -0.128. The van der Waals surface area contributed by atoms with Crippen molar-refractivity contribution in [1.29, 1.82) is 0 Å². The summed E-state index contributed by atoms with van der Waals surface area (Å²) in [5, 5.41) is -0.382. The molecule has 1 heterocycles. The van der Waals surface area contributed by atoms with Crippen molar-refractivity contribution in [1.82, 2.24) is 0 Å². The SMILES string of the molecule is O=CC1=COC2C(Cl)CC(Cl)CC2C1=O. The Morgan fingerprint density at radius 1 is 1.40 bits per heavy atom. The monoisotopic (exact) mass is 248 g/mol. The molecule has 4 atom stereocenters. The first-order chi connectivity index (χ1) is 7.13. The van der Waals surface area contributed by atoms with Crippen molar-refractivity contribution in [3.63, 3.8) is 0 Å². The number of carbonyl (C=O) groups excluding carboxylic acids is 2. The summed E-state index contributed by atoms with van der Waals surface area (Å²) < 4.78 is 5.31. The molecule has 4 unspecified atom stereocenters. The predicted octanol–water partition coefficient (Wildman–Crippen LogP) is 1.66. The van der Waals surface area contributed by atoms with E-state index in [9.17, 15) is 9.59 Å². The molecule has 5 heteroatoms. The molecule has 15 heavy (non-hydrogen) atoms. The smallest absolute Gasteiger partial charge is 0.176 e. The first kappa shape index (κ1) is 11.0. The molecule has 0 aromatic carbocycles. The highest BCUT2D eigenvalue weighted by Crippen LogP contribution is 2.37. The second-order valence-corrected chi connectivity index (χ2v) is 5.02. The fraction of sp³-hybridized carbons (Fsp3) is 0.600. The molecular weight excluding hydrogens is 239 g/mol. The summed E-state index contributed by atoms with van der Waals surface area (Å²) in [6, 6.07) is 0. The first-order valence-corrected chi connectivity index (χ1v) is 5.64. The zero-order valence-electron chi connectivity index (χ0n) is 7.86. The fourth-order valence-electron chi connectivity index (χ4n) is 2.08. The molecule has 2 rings (SSSR count). The largest absolute Gasteiger partial charge is 0.495 e. The minimum Gasteiger partial charge on any atom is -0.495 e. The van der Waals surface area contributed by atoms with Crippen LogP contribution in [-0.2, 0) is 14.3 Å². The van der Waals surface area contributed by atoms with Crippen LogP contribution < -0.4 is 0 Å². The second-order valence-electron chi connectivity index (χ2n) is 3.85. The molecule has 3 nitrogen and oxygen atoms in total. The molecule has 0 N–H and O–H groups in total. The van der Waals surface area contributed by atoms with Crippen molar-refractivity contribution in [2.24, 2.45) is 5.92 Å². The van der Waals surface area contributed by atoms with Gasteiger partial charge in [-0.2, -0.15) is 0 Å². The number of aldehydes is 1. The average Bonchev–Trinajstić information content (AvgIpc) is 2.19. The van der Waals surface area contributed by atoms with Gasteiger partial charge >= 0.3 is 0 Å². The number of rotatable bonds is 1. The number of hydrogen-bond acceptors (Lipinski definition) is 3. The number of halogens is 2. The van der Waals surface area contributed by atoms with Gasteiger partial charge in [-0.15, -0.1) is 23.2 Å². The maximum atomic E-state index is 11.8. The summed E-state index contributed by atoms with van der Waals surface area (Å²) in [5.41, 5.74) is 0.0749. The van der Waals surface area contributed by atoms with Gasteiger partial charge in [-0.1, -0.05) is 0 Å². The number of carbonyl (C=O) groups is 2. The van der Waals surface area contributed by atoms with Gasteiger partial charge in [-0.25, -0.2) is 0 Å². The maximum Gasteiger partial charge on any atom is 0.176 e. The lowest BCUT2D eigenvalue weighted by Gasteiger charge is -2.38. The summed E-state index contributed by atoms with van der Waals surface area (Å²) in [7, 11) is 0. The Morgan fingerprint density at radius 2 is 2.13 bits per heavy atom. The number of Topliss-reactive ketones (excluding diaryl/α,β-unsaturated/α-hetero) is 1. The minimum atomic E-state index is -0.367. The van der Waals surface area contributed by atoms with Crippen LogP contribution >= 0.6 is 23.2 Å². The highest BCUT2D eigenvalue weighted by Gasteiger charge is 2.44. The standard InChI is InChI=1S/C10H10Cl2O3/c11-6-1-7-9(14)5(3-13)4-15-10(7)8(12)2-6/h3-4,6-8,10H,1-2H2. The lowest BCUT2D eigenvalue weighted by atomic mass is 9.80. The first-order valence-electron chi connectivity index (χ1n) is 4.76. The number of allylic oxidation sites excluding steroid dienone is 1. The normalized spacial score (nSPS) is 40.1. The van der Waals surface area contributed by atoms with Gasteiger partial charge in [-0.05, 0) is 12.8 Å². The molecule has 0 spiro atoms.